The Kier molecular flexibility index (Phi) is 9.74. The number of ether oxygens (including phenoxy) is 2. The molecule has 1 fully saturated rings. The average Bonchev–Trinajstić information content (AvgIpc) is 3.46. The number of carbonyl (C=O) groups is 2. The molecule has 37 heavy (non-hydrogen) atoms. The van der Waals surface area contributed by atoms with Crippen LogP contribution in [-0.4, -0.2) is 79.6 Å². The average molecular weight is 506 g/mol. The summed E-state index contributed by atoms with van der Waals surface area (Å²) in [7, 11) is 1.59. The molecule has 8 nitrogen and oxygen atoms in total. The van der Waals surface area contributed by atoms with Gasteiger partial charge in [-0.1, -0.05) is 30.3 Å². The van der Waals surface area contributed by atoms with Gasteiger partial charge >= 0.3 is 0 Å². The van der Waals surface area contributed by atoms with Crippen molar-refractivity contribution in [1.82, 2.24) is 14.7 Å². The fourth-order valence-corrected chi connectivity index (χ4v) is 4.37. The minimum Gasteiger partial charge on any atom is -0.497 e. The monoisotopic (exact) mass is 505 g/mol. The Labute approximate surface area is 218 Å². The van der Waals surface area contributed by atoms with Crippen molar-refractivity contribution in [2.45, 2.75) is 19.5 Å². The van der Waals surface area contributed by atoms with Crippen molar-refractivity contribution in [3.05, 3.63) is 89.9 Å². The van der Waals surface area contributed by atoms with Crippen molar-refractivity contribution in [2.75, 3.05) is 53.0 Å². The van der Waals surface area contributed by atoms with Gasteiger partial charge in [0, 0.05) is 38.3 Å². The van der Waals surface area contributed by atoms with Crippen molar-refractivity contribution in [2.24, 2.45) is 0 Å². The van der Waals surface area contributed by atoms with E-state index in [2.05, 4.69) is 4.90 Å². The van der Waals surface area contributed by atoms with Crippen LogP contribution in [0.25, 0.3) is 0 Å². The van der Waals surface area contributed by atoms with Crippen molar-refractivity contribution < 1.29 is 23.5 Å². The molecule has 8 heteroatoms. The molecule has 0 unspecified atom stereocenters. The van der Waals surface area contributed by atoms with Crippen LogP contribution < -0.4 is 4.74 Å². The maximum Gasteiger partial charge on any atom is 0.254 e. The second-order valence-corrected chi connectivity index (χ2v) is 9.08. The third kappa shape index (κ3) is 7.93. The number of nitrogens with zero attached hydrogens (tertiary/aromatic N) is 3. The van der Waals surface area contributed by atoms with E-state index in [9.17, 15) is 9.59 Å². The Morgan fingerprint density at radius 3 is 2.35 bits per heavy atom. The van der Waals surface area contributed by atoms with E-state index in [1.54, 1.807) is 47.4 Å². The highest BCUT2D eigenvalue weighted by atomic mass is 16.5. The molecule has 1 saturated heterocycles. The maximum atomic E-state index is 13.6. The quantitative estimate of drug-likeness (QED) is 0.374. The number of amides is 2. The summed E-state index contributed by atoms with van der Waals surface area (Å²) < 4.78 is 16.2. The number of hydrogen-bond donors (Lipinski definition) is 0. The molecular weight excluding hydrogens is 470 g/mol. The maximum absolute atomic E-state index is 13.6. The number of morpholine rings is 1. The van der Waals surface area contributed by atoms with Crippen LogP contribution in [0, 0.1) is 0 Å². The van der Waals surface area contributed by atoms with Gasteiger partial charge in [-0.05, 0) is 48.4 Å². The van der Waals surface area contributed by atoms with Crippen molar-refractivity contribution in [1.29, 1.82) is 0 Å². The van der Waals surface area contributed by atoms with E-state index >= 15 is 0 Å². The van der Waals surface area contributed by atoms with Crippen molar-refractivity contribution in [3.8, 4) is 5.75 Å². The molecule has 0 radical (unpaired) electrons. The molecule has 0 bridgehead atoms. The molecule has 2 aromatic carbocycles. The van der Waals surface area contributed by atoms with Gasteiger partial charge in [-0.25, -0.2) is 0 Å². The zero-order chi connectivity index (χ0) is 25.9. The standard InChI is InChI=1S/C29H35N3O5/c1-35-26-12-10-25(11-13-26)29(34)31(15-6-14-30-16-19-36-20-17-30)23-28(33)32(22-27-9-5-18-37-27)21-24-7-3-2-4-8-24/h2-5,7-13,18H,6,14-17,19-23H2,1H3. The molecule has 2 heterocycles. The normalized spacial score (nSPS) is 13.8. The van der Waals surface area contributed by atoms with Gasteiger partial charge in [-0.15, -0.1) is 0 Å². The van der Waals surface area contributed by atoms with Gasteiger partial charge in [0.1, 0.15) is 18.1 Å². The fraction of sp³-hybridized carbons (Fsp3) is 0.379. The smallest absolute Gasteiger partial charge is 0.254 e. The summed E-state index contributed by atoms with van der Waals surface area (Å²) in [5.74, 6) is 1.08. The van der Waals surface area contributed by atoms with Gasteiger partial charge in [0.2, 0.25) is 5.91 Å². The van der Waals surface area contributed by atoms with Crippen LogP contribution >= 0.6 is 0 Å². The Hall–Kier alpha value is -3.62. The molecule has 3 aromatic rings. The van der Waals surface area contributed by atoms with Gasteiger partial charge in [0.05, 0.1) is 33.1 Å². The molecule has 196 valence electrons. The lowest BCUT2D eigenvalue weighted by Crippen LogP contribution is -2.44. The van der Waals surface area contributed by atoms with Gasteiger partial charge < -0.3 is 23.7 Å². The topological polar surface area (TPSA) is 75.5 Å². The molecule has 1 aromatic heterocycles. The Morgan fingerprint density at radius 1 is 0.919 bits per heavy atom. The summed E-state index contributed by atoms with van der Waals surface area (Å²) in [4.78, 5) is 32.9. The van der Waals surface area contributed by atoms with Crippen LogP contribution in [0.3, 0.4) is 0 Å². The third-order valence-corrected chi connectivity index (χ3v) is 6.45. The van der Waals surface area contributed by atoms with E-state index in [0.29, 0.717) is 36.7 Å². The van der Waals surface area contributed by atoms with E-state index in [1.807, 2.05) is 42.5 Å². The zero-order valence-corrected chi connectivity index (χ0v) is 21.4. The molecule has 1 aliphatic heterocycles. The molecule has 0 saturated carbocycles. The van der Waals surface area contributed by atoms with Crippen LogP contribution in [0.15, 0.2) is 77.4 Å². The number of hydrogen-bond acceptors (Lipinski definition) is 6. The SMILES string of the molecule is COc1ccc(C(=O)N(CCCN2CCOCC2)CC(=O)N(Cc2ccccc2)Cc2ccco2)cc1. The third-order valence-electron chi connectivity index (χ3n) is 6.45. The van der Waals surface area contributed by atoms with E-state index in [0.717, 1.165) is 44.8 Å². The molecule has 2 amide bonds. The highest BCUT2D eigenvalue weighted by Crippen LogP contribution is 2.16. The Morgan fingerprint density at radius 2 is 1.68 bits per heavy atom. The van der Waals surface area contributed by atoms with Crippen LogP contribution in [0.4, 0.5) is 0 Å². The predicted octanol–water partition coefficient (Wildman–Crippen LogP) is 3.68. The second kappa shape index (κ2) is 13.6. The van der Waals surface area contributed by atoms with E-state index in [1.165, 1.54) is 0 Å². The lowest BCUT2D eigenvalue weighted by Gasteiger charge is -2.30. The first-order valence-electron chi connectivity index (χ1n) is 12.7. The van der Waals surface area contributed by atoms with Crippen molar-refractivity contribution in [3.63, 3.8) is 0 Å². The molecule has 0 N–H and O–H groups in total. The highest BCUT2D eigenvalue weighted by Gasteiger charge is 2.24. The Bertz CT molecular complexity index is 1100. The van der Waals surface area contributed by atoms with Gasteiger partial charge in [-0.2, -0.15) is 0 Å². The number of rotatable bonds is 12. The fourth-order valence-electron chi connectivity index (χ4n) is 4.37. The molecule has 0 atom stereocenters. The number of methoxy groups -OCH3 is 1. The lowest BCUT2D eigenvalue weighted by atomic mass is 10.1. The molecule has 0 aliphatic carbocycles. The van der Waals surface area contributed by atoms with Crippen LogP contribution in [-0.2, 0) is 22.6 Å². The van der Waals surface area contributed by atoms with Gasteiger partial charge in [0.25, 0.3) is 5.91 Å². The first kappa shape index (κ1) is 26.4. The van der Waals surface area contributed by atoms with Gasteiger partial charge in [-0.3, -0.25) is 14.5 Å². The summed E-state index contributed by atoms with van der Waals surface area (Å²) in [5, 5.41) is 0. The Balaban J connectivity index is 1.48. The number of benzene rings is 2. The molecule has 1 aliphatic rings. The first-order chi connectivity index (χ1) is 18.1. The largest absolute Gasteiger partial charge is 0.497 e. The molecule has 4 rings (SSSR count). The van der Waals surface area contributed by atoms with Crippen molar-refractivity contribution >= 4 is 11.8 Å². The lowest BCUT2D eigenvalue weighted by molar-refractivity contribution is -0.133. The summed E-state index contributed by atoms with van der Waals surface area (Å²) in [6.07, 6.45) is 2.37. The molecular formula is C29H35N3O5. The number of carbonyl (C=O) groups excluding carboxylic acids is 2. The minimum absolute atomic E-state index is 0.0124. The minimum atomic E-state index is -0.171. The second-order valence-electron chi connectivity index (χ2n) is 9.08. The summed E-state index contributed by atoms with van der Waals surface area (Å²) in [6, 6.07) is 20.5. The highest BCUT2D eigenvalue weighted by molar-refractivity contribution is 5.96. The molecule has 0 spiro atoms. The summed E-state index contributed by atoms with van der Waals surface area (Å²) >= 11 is 0. The van der Waals surface area contributed by atoms with E-state index in [-0.39, 0.29) is 18.4 Å². The van der Waals surface area contributed by atoms with Crippen LogP contribution in [0.5, 0.6) is 5.75 Å². The van der Waals surface area contributed by atoms with E-state index < -0.39 is 0 Å². The first-order valence-corrected chi connectivity index (χ1v) is 12.7. The van der Waals surface area contributed by atoms with E-state index in [4.69, 9.17) is 13.9 Å². The van der Waals surface area contributed by atoms with Crippen LogP contribution in [0.2, 0.25) is 0 Å². The predicted molar refractivity (Wildman–Crippen MR) is 140 cm³/mol. The summed E-state index contributed by atoms with van der Waals surface area (Å²) in [6.45, 7) is 5.32. The van der Waals surface area contributed by atoms with Gasteiger partial charge in [0.15, 0.2) is 0 Å². The summed E-state index contributed by atoms with van der Waals surface area (Å²) in [5.41, 5.74) is 1.54. The van der Waals surface area contributed by atoms with Crippen LogP contribution in [0.1, 0.15) is 28.1 Å². The number of furan rings is 1. The zero-order valence-electron chi connectivity index (χ0n) is 21.4.